The van der Waals surface area contributed by atoms with Crippen molar-refractivity contribution in [3.05, 3.63) is 53.4 Å². The Labute approximate surface area is 209 Å². The third-order valence-electron chi connectivity index (χ3n) is 6.69. The second kappa shape index (κ2) is 11.0. The van der Waals surface area contributed by atoms with Crippen LogP contribution in [0.25, 0.3) is 10.7 Å². The van der Waals surface area contributed by atoms with E-state index in [1.807, 2.05) is 11.0 Å². The zero-order chi connectivity index (χ0) is 23.3. The maximum atomic E-state index is 13.0. The summed E-state index contributed by atoms with van der Waals surface area (Å²) in [5.74, 6) is 1.41. The van der Waals surface area contributed by atoms with Crippen LogP contribution < -0.4 is 0 Å². The van der Waals surface area contributed by atoms with Crippen LogP contribution >= 0.6 is 23.1 Å². The van der Waals surface area contributed by atoms with Gasteiger partial charge in [0, 0.05) is 38.8 Å². The van der Waals surface area contributed by atoms with Crippen molar-refractivity contribution >= 4 is 29.0 Å². The van der Waals surface area contributed by atoms with Gasteiger partial charge in [0.1, 0.15) is 0 Å². The van der Waals surface area contributed by atoms with Crippen LogP contribution in [0.1, 0.15) is 31.4 Å². The average molecular weight is 498 g/mol. The quantitative estimate of drug-likeness (QED) is 0.435. The largest absolute Gasteiger partial charge is 0.376 e. The number of hydrogen-bond acceptors (Lipinski definition) is 7. The molecular weight excluding hydrogens is 466 g/mol. The fraction of sp³-hybridized carbons (Fsp3) is 0.480. The Hall–Kier alpha value is -2.20. The van der Waals surface area contributed by atoms with Crippen molar-refractivity contribution in [2.75, 3.05) is 38.5 Å². The van der Waals surface area contributed by atoms with Crippen molar-refractivity contribution in [1.29, 1.82) is 0 Å². The number of nitrogens with zero attached hydrogens (tertiary/aromatic N) is 5. The molecule has 5 rings (SSSR count). The van der Waals surface area contributed by atoms with Gasteiger partial charge in [0.25, 0.3) is 0 Å². The summed E-state index contributed by atoms with van der Waals surface area (Å²) in [6.07, 6.45) is 2.33. The summed E-state index contributed by atoms with van der Waals surface area (Å²) < 4.78 is 8.01. The van der Waals surface area contributed by atoms with E-state index in [1.54, 1.807) is 11.3 Å². The highest BCUT2D eigenvalue weighted by molar-refractivity contribution is 7.99. The molecule has 34 heavy (non-hydrogen) atoms. The molecule has 2 fully saturated rings. The van der Waals surface area contributed by atoms with Crippen molar-refractivity contribution in [2.24, 2.45) is 0 Å². The van der Waals surface area contributed by atoms with Crippen molar-refractivity contribution in [2.45, 2.75) is 43.6 Å². The summed E-state index contributed by atoms with van der Waals surface area (Å²) in [6.45, 7) is 7.10. The third-order valence-corrected chi connectivity index (χ3v) is 8.51. The lowest BCUT2D eigenvalue weighted by molar-refractivity contribution is -0.130. The number of piperazine rings is 1. The minimum atomic E-state index is 0.168. The number of amides is 1. The van der Waals surface area contributed by atoms with Gasteiger partial charge in [-0.3, -0.25) is 14.3 Å². The van der Waals surface area contributed by atoms with Crippen LogP contribution in [0.3, 0.4) is 0 Å². The lowest BCUT2D eigenvalue weighted by Crippen LogP contribution is -2.49. The Balaban J connectivity index is 1.19. The van der Waals surface area contributed by atoms with Gasteiger partial charge in [-0.15, -0.1) is 21.5 Å². The van der Waals surface area contributed by atoms with E-state index in [2.05, 4.69) is 68.4 Å². The molecule has 2 atom stereocenters. The molecule has 180 valence electrons. The number of ether oxygens (including phenoxy) is 1. The molecule has 0 radical (unpaired) electrons. The molecule has 2 aromatic heterocycles. The van der Waals surface area contributed by atoms with E-state index in [-0.39, 0.29) is 12.0 Å². The number of carbonyl (C=O) groups is 1. The summed E-state index contributed by atoms with van der Waals surface area (Å²) in [5.41, 5.74) is 1.32. The fourth-order valence-electron chi connectivity index (χ4n) is 4.66. The fourth-order valence-corrected chi connectivity index (χ4v) is 6.23. The Bertz CT molecular complexity index is 1060. The normalized spacial score (nSPS) is 20.0. The number of thiophene rings is 1. The molecular formula is C25H31N5O2S2. The number of benzene rings is 1. The van der Waals surface area contributed by atoms with Crippen LogP contribution in [-0.4, -0.2) is 75.1 Å². The lowest BCUT2D eigenvalue weighted by atomic mass is 10.1. The number of aromatic nitrogens is 3. The van der Waals surface area contributed by atoms with Gasteiger partial charge in [0.05, 0.1) is 23.3 Å². The first-order valence-corrected chi connectivity index (χ1v) is 13.8. The second-order valence-corrected chi connectivity index (χ2v) is 10.7. The van der Waals surface area contributed by atoms with Crippen molar-refractivity contribution in [3.8, 4) is 10.7 Å². The summed E-state index contributed by atoms with van der Waals surface area (Å²) in [6, 6.07) is 15.0. The van der Waals surface area contributed by atoms with Crippen LogP contribution in [-0.2, 0) is 16.1 Å². The molecule has 0 N–H and O–H groups in total. The smallest absolute Gasteiger partial charge is 0.233 e. The maximum Gasteiger partial charge on any atom is 0.233 e. The number of hydrogen-bond donors (Lipinski definition) is 0. The van der Waals surface area contributed by atoms with E-state index in [0.29, 0.717) is 11.8 Å². The number of rotatable bonds is 8. The van der Waals surface area contributed by atoms with Crippen molar-refractivity contribution in [3.63, 3.8) is 0 Å². The zero-order valence-corrected chi connectivity index (χ0v) is 21.1. The standard InChI is InChI=1S/C25H31N5O2S2/c1-19(20-7-3-2-4-8-20)28-11-13-29(14-12-28)23(31)18-34-25-27-26-24(22-10-6-16-33-22)30(25)17-21-9-5-15-32-21/h2-4,6-8,10,16,19,21H,5,9,11-15,17-18H2,1H3/t19-,21-/m1/s1. The summed E-state index contributed by atoms with van der Waals surface area (Å²) in [4.78, 5) is 18.6. The summed E-state index contributed by atoms with van der Waals surface area (Å²) >= 11 is 3.14. The highest BCUT2D eigenvalue weighted by Crippen LogP contribution is 2.29. The molecule has 4 heterocycles. The first-order valence-electron chi connectivity index (χ1n) is 12.0. The van der Waals surface area contributed by atoms with Crippen molar-refractivity contribution in [1.82, 2.24) is 24.6 Å². The van der Waals surface area contributed by atoms with E-state index in [1.165, 1.54) is 17.3 Å². The third kappa shape index (κ3) is 5.38. The van der Waals surface area contributed by atoms with Gasteiger partial charge in [-0.2, -0.15) is 0 Å². The minimum absolute atomic E-state index is 0.168. The molecule has 2 saturated heterocycles. The number of thioether (sulfide) groups is 1. The molecule has 7 nitrogen and oxygen atoms in total. The molecule has 2 aliphatic rings. The molecule has 2 aliphatic heterocycles. The van der Waals surface area contributed by atoms with Gasteiger partial charge >= 0.3 is 0 Å². The second-order valence-electron chi connectivity index (χ2n) is 8.82. The minimum Gasteiger partial charge on any atom is -0.376 e. The molecule has 0 bridgehead atoms. The van der Waals surface area contributed by atoms with Gasteiger partial charge < -0.3 is 9.64 Å². The highest BCUT2D eigenvalue weighted by atomic mass is 32.2. The molecule has 9 heteroatoms. The molecule has 0 spiro atoms. The van der Waals surface area contributed by atoms with Gasteiger partial charge in [0.15, 0.2) is 11.0 Å². The Kier molecular flexibility index (Phi) is 7.63. The van der Waals surface area contributed by atoms with E-state index in [0.717, 1.165) is 68.0 Å². The van der Waals surface area contributed by atoms with E-state index in [9.17, 15) is 4.79 Å². The van der Waals surface area contributed by atoms with E-state index >= 15 is 0 Å². The lowest BCUT2D eigenvalue weighted by Gasteiger charge is -2.38. The van der Waals surface area contributed by atoms with Crippen LogP contribution in [0.5, 0.6) is 0 Å². The predicted molar refractivity (Wildman–Crippen MR) is 136 cm³/mol. The zero-order valence-electron chi connectivity index (χ0n) is 19.5. The number of carbonyl (C=O) groups excluding carboxylic acids is 1. The van der Waals surface area contributed by atoms with Gasteiger partial charge in [-0.1, -0.05) is 48.2 Å². The SMILES string of the molecule is C[C@H](c1ccccc1)N1CCN(C(=O)CSc2nnc(-c3cccs3)n2C[C@H]2CCCO2)CC1. The molecule has 1 aromatic carbocycles. The Morgan fingerprint density at radius 2 is 1.97 bits per heavy atom. The van der Waals surface area contributed by atoms with E-state index < -0.39 is 0 Å². The predicted octanol–water partition coefficient (Wildman–Crippen LogP) is 4.18. The van der Waals surface area contributed by atoms with E-state index in [4.69, 9.17) is 4.74 Å². The van der Waals surface area contributed by atoms with Crippen molar-refractivity contribution < 1.29 is 9.53 Å². The van der Waals surface area contributed by atoms with Crippen LogP contribution in [0.15, 0.2) is 53.0 Å². The molecule has 1 amide bonds. The van der Waals surface area contributed by atoms with Gasteiger partial charge in [-0.25, -0.2) is 0 Å². The first-order chi connectivity index (χ1) is 16.7. The molecule has 0 saturated carbocycles. The highest BCUT2D eigenvalue weighted by Gasteiger charge is 2.26. The van der Waals surface area contributed by atoms with Gasteiger partial charge in [-0.05, 0) is 36.8 Å². The monoisotopic (exact) mass is 497 g/mol. The summed E-state index contributed by atoms with van der Waals surface area (Å²) in [7, 11) is 0. The molecule has 0 aliphatic carbocycles. The average Bonchev–Trinajstić information content (AvgIpc) is 3.66. The van der Waals surface area contributed by atoms with Gasteiger partial charge in [0.2, 0.25) is 5.91 Å². The Morgan fingerprint density at radius 1 is 1.15 bits per heavy atom. The summed E-state index contributed by atoms with van der Waals surface area (Å²) in [5, 5.41) is 11.8. The molecule has 3 aromatic rings. The first kappa shape index (κ1) is 23.5. The topological polar surface area (TPSA) is 63.5 Å². The van der Waals surface area contributed by atoms with Crippen LogP contribution in [0.2, 0.25) is 0 Å². The van der Waals surface area contributed by atoms with Crippen LogP contribution in [0.4, 0.5) is 0 Å². The molecule has 0 unspecified atom stereocenters. The maximum absolute atomic E-state index is 13.0. The van der Waals surface area contributed by atoms with Crippen LogP contribution in [0, 0.1) is 0 Å². The Morgan fingerprint density at radius 3 is 2.68 bits per heavy atom.